The summed E-state index contributed by atoms with van der Waals surface area (Å²) in [6, 6.07) is 0.613. The highest BCUT2D eigenvalue weighted by atomic mass is 16.5. The Balaban J connectivity index is 2.10. The van der Waals surface area contributed by atoms with Crippen LogP contribution in [0.1, 0.15) is 47.0 Å². The summed E-state index contributed by atoms with van der Waals surface area (Å²) in [5.41, 5.74) is -0.381. The van der Waals surface area contributed by atoms with Crippen molar-refractivity contribution < 1.29 is 5.21 Å². The average Bonchev–Trinajstić information content (AvgIpc) is 2.28. The van der Waals surface area contributed by atoms with Crippen LogP contribution in [-0.2, 0) is 0 Å². The van der Waals surface area contributed by atoms with Gasteiger partial charge in [0.15, 0.2) is 0 Å². The summed E-state index contributed by atoms with van der Waals surface area (Å²) >= 11 is 0. The molecular formula is C14H29N3O. The molecular weight excluding hydrogens is 226 g/mol. The number of nitrogens with zero attached hydrogens (tertiary/aromatic N) is 3. The first-order valence-electron chi connectivity index (χ1n) is 7.19. The summed E-state index contributed by atoms with van der Waals surface area (Å²) in [6.07, 6.45) is 3.46. The van der Waals surface area contributed by atoms with E-state index < -0.39 is 0 Å². The van der Waals surface area contributed by atoms with E-state index in [-0.39, 0.29) is 11.2 Å². The van der Waals surface area contributed by atoms with E-state index in [2.05, 4.69) is 44.5 Å². The van der Waals surface area contributed by atoms with Crippen molar-refractivity contribution >= 4 is 0 Å². The Morgan fingerprint density at radius 2 is 1.56 bits per heavy atom. The first kappa shape index (κ1) is 14.3. The molecule has 4 nitrogen and oxygen atoms in total. The summed E-state index contributed by atoms with van der Waals surface area (Å²) < 4.78 is 0. The van der Waals surface area contributed by atoms with E-state index in [4.69, 9.17) is 0 Å². The number of likely N-dealkylation sites (tertiary alicyclic amines) is 1. The minimum absolute atomic E-state index is 0.120. The number of hydrogen-bond acceptors (Lipinski definition) is 4. The number of rotatable bonds is 1. The van der Waals surface area contributed by atoms with Crippen molar-refractivity contribution in [2.75, 3.05) is 26.7 Å². The van der Waals surface area contributed by atoms with Gasteiger partial charge in [-0.15, -0.1) is 0 Å². The lowest BCUT2D eigenvalue weighted by molar-refractivity contribution is -0.297. The lowest BCUT2D eigenvalue weighted by Crippen LogP contribution is -2.69. The molecule has 0 aromatic rings. The van der Waals surface area contributed by atoms with Crippen LogP contribution in [0.3, 0.4) is 0 Å². The van der Waals surface area contributed by atoms with Crippen molar-refractivity contribution in [2.45, 2.75) is 64.2 Å². The molecule has 2 saturated heterocycles. The SMILES string of the molecule is CN1CCC(N2CCC(C)(C)N(O)C2(C)C)CC1. The fraction of sp³-hybridized carbons (Fsp3) is 1.00. The quantitative estimate of drug-likeness (QED) is 0.776. The van der Waals surface area contributed by atoms with Gasteiger partial charge in [0.1, 0.15) is 0 Å². The van der Waals surface area contributed by atoms with Gasteiger partial charge in [-0.05, 0) is 67.1 Å². The van der Waals surface area contributed by atoms with Crippen LogP contribution < -0.4 is 0 Å². The van der Waals surface area contributed by atoms with E-state index in [1.54, 1.807) is 5.06 Å². The lowest BCUT2D eigenvalue weighted by Gasteiger charge is -2.57. The van der Waals surface area contributed by atoms with Gasteiger partial charge in [-0.2, -0.15) is 5.06 Å². The van der Waals surface area contributed by atoms with Gasteiger partial charge in [0.05, 0.1) is 5.66 Å². The van der Waals surface area contributed by atoms with Crippen molar-refractivity contribution in [1.82, 2.24) is 14.9 Å². The molecule has 2 aliphatic heterocycles. The zero-order chi connectivity index (χ0) is 13.6. The molecule has 0 saturated carbocycles. The molecule has 106 valence electrons. The summed E-state index contributed by atoms with van der Waals surface area (Å²) in [5, 5.41) is 12.1. The van der Waals surface area contributed by atoms with Gasteiger partial charge < -0.3 is 10.1 Å². The van der Waals surface area contributed by atoms with Gasteiger partial charge in [0.2, 0.25) is 0 Å². The van der Waals surface area contributed by atoms with Crippen molar-refractivity contribution in [3.05, 3.63) is 0 Å². The van der Waals surface area contributed by atoms with Crippen LogP contribution in [0, 0.1) is 0 Å². The molecule has 2 fully saturated rings. The maximum atomic E-state index is 10.5. The van der Waals surface area contributed by atoms with Gasteiger partial charge in [-0.3, -0.25) is 4.90 Å². The van der Waals surface area contributed by atoms with Crippen LogP contribution >= 0.6 is 0 Å². The smallest absolute Gasteiger partial charge is 0.0926 e. The van der Waals surface area contributed by atoms with Crippen LogP contribution in [0.2, 0.25) is 0 Å². The van der Waals surface area contributed by atoms with Gasteiger partial charge >= 0.3 is 0 Å². The monoisotopic (exact) mass is 255 g/mol. The molecule has 4 heteroatoms. The minimum Gasteiger partial charge on any atom is -0.312 e. The second-order valence-electron chi connectivity index (χ2n) is 7.10. The van der Waals surface area contributed by atoms with E-state index in [9.17, 15) is 5.21 Å². The molecule has 0 aliphatic carbocycles. The molecule has 2 rings (SSSR count). The molecule has 0 radical (unpaired) electrons. The summed E-state index contributed by atoms with van der Waals surface area (Å²) in [4.78, 5) is 4.90. The van der Waals surface area contributed by atoms with E-state index in [0.29, 0.717) is 6.04 Å². The Labute approximate surface area is 111 Å². The van der Waals surface area contributed by atoms with E-state index in [0.717, 1.165) is 13.0 Å². The Morgan fingerprint density at radius 1 is 1.00 bits per heavy atom. The molecule has 18 heavy (non-hydrogen) atoms. The highest BCUT2D eigenvalue weighted by Crippen LogP contribution is 2.37. The van der Waals surface area contributed by atoms with Crippen molar-refractivity contribution in [2.24, 2.45) is 0 Å². The molecule has 1 N–H and O–H groups in total. The van der Waals surface area contributed by atoms with E-state index in [1.165, 1.54) is 25.9 Å². The van der Waals surface area contributed by atoms with E-state index in [1.807, 2.05) is 0 Å². The highest BCUT2D eigenvalue weighted by Gasteiger charge is 2.47. The molecule has 0 atom stereocenters. The predicted octanol–water partition coefficient (Wildman–Crippen LogP) is 1.99. The van der Waals surface area contributed by atoms with Crippen LogP contribution in [0.4, 0.5) is 0 Å². The normalized spacial score (nSPS) is 31.7. The molecule has 2 aliphatic rings. The third-order valence-electron chi connectivity index (χ3n) is 4.89. The molecule has 0 aromatic heterocycles. The largest absolute Gasteiger partial charge is 0.312 e. The molecule has 2 heterocycles. The Kier molecular flexibility index (Phi) is 3.76. The topological polar surface area (TPSA) is 30.0 Å². The van der Waals surface area contributed by atoms with Crippen LogP contribution in [0.15, 0.2) is 0 Å². The minimum atomic E-state index is -0.262. The molecule has 0 spiro atoms. The average molecular weight is 255 g/mol. The molecule has 0 unspecified atom stereocenters. The first-order valence-corrected chi connectivity index (χ1v) is 7.19. The standard InChI is InChI=1S/C14H29N3O/c1-13(2)8-11-16(14(3,4)17(13)18)12-6-9-15(5)10-7-12/h12,18H,6-11H2,1-5H3. The Bertz CT molecular complexity index is 295. The van der Waals surface area contributed by atoms with Gasteiger partial charge in [-0.1, -0.05) is 0 Å². The fourth-order valence-electron chi connectivity index (χ4n) is 3.57. The van der Waals surface area contributed by atoms with Gasteiger partial charge in [-0.25, -0.2) is 0 Å². The van der Waals surface area contributed by atoms with Crippen molar-refractivity contribution in [3.8, 4) is 0 Å². The molecule has 0 bridgehead atoms. The Hall–Kier alpha value is -0.160. The highest BCUT2D eigenvalue weighted by molar-refractivity contribution is 4.97. The van der Waals surface area contributed by atoms with Crippen LogP contribution in [0.25, 0.3) is 0 Å². The van der Waals surface area contributed by atoms with E-state index >= 15 is 0 Å². The maximum absolute atomic E-state index is 10.5. The first-order chi connectivity index (χ1) is 8.25. The second-order valence-corrected chi connectivity index (χ2v) is 7.10. The van der Waals surface area contributed by atoms with Crippen LogP contribution in [-0.4, -0.2) is 64.0 Å². The van der Waals surface area contributed by atoms with Crippen LogP contribution in [0.5, 0.6) is 0 Å². The molecule has 0 aromatic carbocycles. The number of piperidine rings is 1. The van der Waals surface area contributed by atoms with Crippen molar-refractivity contribution in [3.63, 3.8) is 0 Å². The summed E-state index contributed by atoms with van der Waals surface area (Å²) in [5.74, 6) is 0. The Morgan fingerprint density at radius 3 is 2.11 bits per heavy atom. The predicted molar refractivity (Wildman–Crippen MR) is 73.6 cm³/mol. The maximum Gasteiger partial charge on any atom is 0.0926 e. The third-order valence-corrected chi connectivity index (χ3v) is 4.89. The summed E-state index contributed by atoms with van der Waals surface area (Å²) in [6.45, 7) is 12.0. The number of hydrogen-bond donors (Lipinski definition) is 1. The number of hydroxylamine groups is 2. The van der Waals surface area contributed by atoms with Crippen molar-refractivity contribution in [1.29, 1.82) is 0 Å². The summed E-state index contributed by atoms with van der Waals surface area (Å²) in [7, 11) is 2.19. The third kappa shape index (κ3) is 2.44. The zero-order valence-electron chi connectivity index (χ0n) is 12.6. The van der Waals surface area contributed by atoms with Gasteiger partial charge in [0.25, 0.3) is 0 Å². The molecule has 0 amide bonds. The zero-order valence-corrected chi connectivity index (χ0v) is 12.6. The lowest BCUT2D eigenvalue weighted by atomic mass is 9.89. The second kappa shape index (κ2) is 4.75. The fourth-order valence-corrected chi connectivity index (χ4v) is 3.57. The van der Waals surface area contributed by atoms with Gasteiger partial charge in [0, 0.05) is 18.1 Å².